The van der Waals surface area contributed by atoms with Crippen LogP contribution in [0.4, 0.5) is 0 Å². The van der Waals surface area contributed by atoms with Gasteiger partial charge in [-0.05, 0) is 37.5 Å². The molecule has 1 aromatic rings. The quantitative estimate of drug-likeness (QED) is 0.577. The topological polar surface area (TPSA) is 60.3 Å². The van der Waals surface area contributed by atoms with Crippen molar-refractivity contribution in [3.8, 4) is 11.5 Å². The van der Waals surface area contributed by atoms with Crippen molar-refractivity contribution < 1.29 is 9.84 Å². The minimum Gasteiger partial charge on any atom is -0.504 e. The monoisotopic (exact) mass is 362 g/mol. The summed E-state index contributed by atoms with van der Waals surface area (Å²) in [5.41, 5.74) is 1.03. The predicted octanol–water partition coefficient (Wildman–Crippen LogP) is 2.53. The van der Waals surface area contributed by atoms with Gasteiger partial charge >= 0.3 is 0 Å². The molecule has 0 saturated carbocycles. The van der Waals surface area contributed by atoms with Gasteiger partial charge in [0.2, 0.25) is 0 Å². The predicted molar refractivity (Wildman–Crippen MR) is 107 cm³/mol. The van der Waals surface area contributed by atoms with Crippen molar-refractivity contribution in [2.45, 2.75) is 34.2 Å². The molecule has 0 unspecified atom stereocenters. The normalized spacial score (nSPS) is 16.2. The maximum Gasteiger partial charge on any atom is 0.194 e. The largest absolute Gasteiger partial charge is 0.504 e. The van der Waals surface area contributed by atoms with E-state index < -0.39 is 0 Å². The molecule has 26 heavy (non-hydrogen) atoms. The van der Waals surface area contributed by atoms with Crippen molar-refractivity contribution in [1.29, 1.82) is 0 Å². The van der Waals surface area contributed by atoms with Crippen LogP contribution in [0, 0.1) is 5.92 Å². The lowest BCUT2D eigenvalue weighted by Crippen LogP contribution is -2.53. The molecule has 1 aliphatic heterocycles. The molecule has 6 heteroatoms. The van der Waals surface area contributed by atoms with Gasteiger partial charge in [-0.3, -0.25) is 4.90 Å². The molecule has 0 radical (unpaired) electrons. The number of aromatic hydroxyl groups is 1. The highest BCUT2D eigenvalue weighted by Gasteiger charge is 2.19. The molecule has 0 bridgehead atoms. The van der Waals surface area contributed by atoms with E-state index in [1.165, 1.54) is 0 Å². The summed E-state index contributed by atoms with van der Waals surface area (Å²) in [6, 6.07) is 5.44. The number of ether oxygens (including phenoxy) is 1. The Morgan fingerprint density at radius 3 is 2.58 bits per heavy atom. The number of phenolic OH excluding ortho intramolecular Hbond substituents is 1. The molecule has 0 aromatic heterocycles. The number of nitrogens with one attached hydrogen (secondary N) is 1. The minimum absolute atomic E-state index is 0.174. The fraction of sp³-hybridized carbons (Fsp3) is 0.650. The lowest BCUT2D eigenvalue weighted by Gasteiger charge is -2.37. The molecule has 0 spiro atoms. The Bertz CT molecular complexity index is 581. The maximum absolute atomic E-state index is 9.83. The summed E-state index contributed by atoms with van der Waals surface area (Å²) in [4.78, 5) is 9.66. The zero-order valence-electron chi connectivity index (χ0n) is 16.7. The molecule has 2 rings (SSSR count). The molecule has 1 heterocycles. The first-order chi connectivity index (χ1) is 12.5. The first kappa shape index (κ1) is 20.4. The van der Waals surface area contributed by atoms with E-state index in [-0.39, 0.29) is 5.75 Å². The van der Waals surface area contributed by atoms with Crippen LogP contribution < -0.4 is 10.1 Å². The summed E-state index contributed by atoms with van der Waals surface area (Å²) in [7, 11) is 0. The second-order valence-electron chi connectivity index (χ2n) is 7.09. The van der Waals surface area contributed by atoms with Crippen LogP contribution in [0.1, 0.15) is 33.3 Å². The number of benzene rings is 1. The van der Waals surface area contributed by atoms with Crippen molar-refractivity contribution in [2.75, 3.05) is 45.9 Å². The Hall–Kier alpha value is -1.95. The fourth-order valence-corrected chi connectivity index (χ4v) is 3.18. The minimum atomic E-state index is 0.174. The number of piperazine rings is 1. The molecule has 6 nitrogen and oxygen atoms in total. The van der Waals surface area contributed by atoms with Crippen molar-refractivity contribution in [1.82, 2.24) is 15.1 Å². The lowest BCUT2D eigenvalue weighted by molar-refractivity contribution is 0.164. The van der Waals surface area contributed by atoms with E-state index >= 15 is 0 Å². The van der Waals surface area contributed by atoms with Gasteiger partial charge in [-0.15, -0.1) is 0 Å². The summed E-state index contributed by atoms with van der Waals surface area (Å²) >= 11 is 0. The van der Waals surface area contributed by atoms with Crippen LogP contribution in [-0.4, -0.2) is 66.7 Å². The molecule has 0 amide bonds. The number of guanidine groups is 1. The fourth-order valence-electron chi connectivity index (χ4n) is 3.18. The first-order valence-corrected chi connectivity index (χ1v) is 9.73. The van der Waals surface area contributed by atoms with Crippen molar-refractivity contribution in [3.05, 3.63) is 23.8 Å². The van der Waals surface area contributed by atoms with Crippen molar-refractivity contribution in [3.63, 3.8) is 0 Å². The van der Waals surface area contributed by atoms with Gasteiger partial charge in [-0.1, -0.05) is 19.9 Å². The second kappa shape index (κ2) is 10.3. The van der Waals surface area contributed by atoms with Crippen LogP contribution >= 0.6 is 0 Å². The molecule has 1 fully saturated rings. The van der Waals surface area contributed by atoms with E-state index in [4.69, 9.17) is 9.73 Å². The van der Waals surface area contributed by atoms with E-state index in [0.717, 1.165) is 50.8 Å². The summed E-state index contributed by atoms with van der Waals surface area (Å²) in [5.74, 6) is 2.36. The molecular weight excluding hydrogens is 328 g/mol. The van der Waals surface area contributed by atoms with Crippen LogP contribution in [0.3, 0.4) is 0 Å². The summed E-state index contributed by atoms with van der Waals surface area (Å²) in [6.07, 6.45) is 0. The Labute approximate surface area is 157 Å². The third kappa shape index (κ3) is 6.09. The van der Waals surface area contributed by atoms with E-state index in [9.17, 15) is 5.11 Å². The highest BCUT2D eigenvalue weighted by Crippen LogP contribution is 2.27. The maximum atomic E-state index is 9.83. The first-order valence-electron chi connectivity index (χ1n) is 9.73. The van der Waals surface area contributed by atoms with E-state index in [1.807, 2.05) is 19.1 Å². The number of hydrogen-bond donors (Lipinski definition) is 2. The lowest BCUT2D eigenvalue weighted by atomic mass is 10.2. The molecule has 1 aromatic carbocycles. The molecule has 1 saturated heterocycles. The highest BCUT2D eigenvalue weighted by atomic mass is 16.5. The molecule has 2 N–H and O–H groups in total. The van der Waals surface area contributed by atoms with Gasteiger partial charge in [-0.25, -0.2) is 4.99 Å². The summed E-state index contributed by atoms with van der Waals surface area (Å²) < 4.78 is 5.46. The zero-order valence-corrected chi connectivity index (χ0v) is 16.7. The standard InChI is InChI=1S/C20H34N4O2/c1-5-21-20(24-11-9-23(10-12-24)15-16(3)4)22-14-17-7-8-18(25)19(13-17)26-6-2/h7-8,13,16,25H,5-6,9-12,14-15H2,1-4H3,(H,21,22). The summed E-state index contributed by atoms with van der Waals surface area (Å²) in [6.45, 7) is 15.8. The van der Waals surface area contributed by atoms with Gasteiger partial charge in [0.05, 0.1) is 13.2 Å². The Morgan fingerprint density at radius 1 is 1.23 bits per heavy atom. The van der Waals surface area contributed by atoms with Crippen LogP contribution in [0.15, 0.2) is 23.2 Å². The van der Waals surface area contributed by atoms with Crippen molar-refractivity contribution >= 4 is 5.96 Å². The molecule has 1 aliphatic rings. The molecule has 0 aliphatic carbocycles. The number of rotatable bonds is 7. The number of aliphatic imine (C=N–C) groups is 1. The Kier molecular flexibility index (Phi) is 8.04. The number of nitrogens with zero attached hydrogens (tertiary/aromatic N) is 3. The van der Waals surface area contributed by atoms with Gasteiger partial charge < -0.3 is 20.1 Å². The van der Waals surface area contributed by atoms with E-state index in [2.05, 4.69) is 35.9 Å². The molecule has 0 atom stereocenters. The van der Waals surface area contributed by atoms with Gasteiger partial charge in [0.15, 0.2) is 17.5 Å². The van der Waals surface area contributed by atoms with E-state index in [1.54, 1.807) is 6.07 Å². The van der Waals surface area contributed by atoms with Gasteiger partial charge in [0.1, 0.15) is 0 Å². The second-order valence-corrected chi connectivity index (χ2v) is 7.09. The van der Waals surface area contributed by atoms with Gasteiger partial charge in [-0.2, -0.15) is 0 Å². The number of hydrogen-bond acceptors (Lipinski definition) is 4. The highest BCUT2D eigenvalue weighted by molar-refractivity contribution is 5.80. The molecule has 146 valence electrons. The average molecular weight is 363 g/mol. The van der Waals surface area contributed by atoms with Crippen LogP contribution in [0.25, 0.3) is 0 Å². The SMILES string of the molecule is CCNC(=NCc1ccc(O)c(OCC)c1)N1CCN(CC(C)C)CC1. The van der Waals surface area contributed by atoms with Crippen LogP contribution in [0.2, 0.25) is 0 Å². The number of phenols is 1. The van der Waals surface area contributed by atoms with E-state index in [0.29, 0.717) is 24.8 Å². The van der Waals surface area contributed by atoms with Gasteiger partial charge in [0.25, 0.3) is 0 Å². The third-order valence-corrected chi connectivity index (χ3v) is 4.37. The van der Waals surface area contributed by atoms with Crippen LogP contribution in [0.5, 0.6) is 11.5 Å². The van der Waals surface area contributed by atoms with Crippen molar-refractivity contribution in [2.24, 2.45) is 10.9 Å². The zero-order chi connectivity index (χ0) is 18.9. The Balaban J connectivity index is 2.00. The Morgan fingerprint density at radius 2 is 1.96 bits per heavy atom. The average Bonchev–Trinajstić information content (AvgIpc) is 2.61. The van der Waals surface area contributed by atoms with Gasteiger partial charge in [0, 0.05) is 39.3 Å². The smallest absolute Gasteiger partial charge is 0.194 e. The summed E-state index contributed by atoms with van der Waals surface area (Å²) in [5, 5.41) is 13.2. The molecular formula is C20H34N4O2. The third-order valence-electron chi connectivity index (χ3n) is 4.37. The van der Waals surface area contributed by atoms with Crippen LogP contribution in [-0.2, 0) is 6.54 Å².